The lowest BCUT2D eigenvalue weighted by Gasteiger charge is -2.00. The van der Waals surface area contributed by atoms with Gasteiger partial charge in [-0.15, -0.1) is 0 Å². The number of nitrogens with one attached hydrogen (secondary N) is 1. The van der Waals surface area contributed by atoms with E-state index in [9.17, 15) is 0 Å². The Kier molecular flexibility index (Phi) is 3.04. The molecule has 0 aromatic carbocycles. The summed E-state index contributed by atoms with van der Waals surface area (Å²) in [6, 6.07) is 0.441. The molecule has 1 aromatic heterocycles. The third-order valence-electron chi connectivity index (χ3n) is 1.49. The summed E-state index contributed by atoms with van der Waals surface area (Å²) in [6.45, 7) is 4.59. The maximum atomic E-state index is 5.01. The maximum Gasteiger partial charge on any atom is 0.321 e. The third kappa shape index (κ3) is 1.94. The number of ether oxygens (including phenoxy) is 1. The fourth-order valence-corrected chi connectivity index (χ4v) is 0.728. The molecule has 68 valence electrons. The Hall–Kier alpha value is -1.10. The summed E-state index contributed by atoms with van der Waals surface area (Å²) in [7, 11) is 1.61. The first-order valence-electron chi connectivity index (χ1n) is 3.88. The maximum absolute atomic E-state index is 5.01. The SMILES string of the molecule is CCNc1nc(C(C)OC)no1. The van der Waals surface area contributed by atoms with Crippen LogP contribution in [0.2, 0.25) is 0 Å². The van der Waals surface area contributed by atoms with Gasteiger partial charge in [0, 0.05) is 13.7 Å². The molecule has 0 aliphatic carbocycles. The average molecular weight is 171 g/mol. The highest BCUT2D eigenvalue weighted by Crippen LogP contribution is 2.13. The van der Waals surface area contributed by atoms with E-state index in [1.54, 1.807) is 7.11 Å². The number of aromatic nitrogens is 2. The van der Waals surface area contributed by atoms with E-state index in [2.05, 4.69) is 15.5 Å². The summed E-state index contributed by atoms with van der Waals surface area (Å²) in [5, 5.41) is 6.64. The highest BCUT2D eigenvalue weighted by molar-refractivity contribution is 5.17. The molecule has 0 saturated heterocycles. The van der Waals surface area contributed by atoms with Crippen LogP contribution in [0.1, 0.15) is 25.8 Å². The molecule has 1 heterocycles. The van der Waals surface area contributed by atoms with Crippen LogP contribution >= 0.6 is 0 Å². The first kappa shape index (κ1) is 8.99. The van der Waals surface area contributed by atoms with Gasteiger partial charge >= 0.3 is 6.01 Å². The van der Waals surface area contributed by atoms with E-state index in [-0.39, 0.29) is 6.10 Å². The van der Waals surface area contributed by atoms with Gasteiger partial charge in [0.05, 0.1) is 0 Å². The Morgan fingerprint density at radius 2 is 2.42 bits per heavy atom. The third-order valence-corrected chi connectivity index (χ3v) is 1.49. The van der Waals surface area contributed by atoms with Crippen molar-refractivity contribution < 1.29 is 9.26 Å². The molecule has 0 aliphatic heterocycles. The van der Waals surface area contributed by atoms with E-state index in [0.717, 1.165) is 6.54 Å². The quantitative estimate of drug-likeness (QED) is 0.737. The molecule has 12 heavy (non-hydrogen) atoms. The smallest absolute Gasteiger partial charge is 0.321 e. The first-order valence-corrected chi connectivity index (χ1v) is 3.88. The Balaban J connectivity index is 2.63. The van der Waals surface area contributed by atoms with E-state index < -0.39 is 0 Å². The second kappa shape index (κ2) is 4.06. The van der Waals surface area contributed by atoms with Crippen molar-refractivity contribution in [2.24, 2.45) is 0 Å². The summed E-state index contributed by atoms with van der Waals surface area (Å²) in [5.74, 6) is 0.563. The second-order valence-electron chi connectivity index (χ2n) is 2.37. The molecule has 0 saturated carbocycles. The van der Waals surface area contributed by atoms with Crippen molar-refractivity contribution in [3.8, 4) is 0 Å². The Morgan fingerprint density at radius 3 is 3.00 bits per heavy atom. The normalized spacial score (nSPS) is 12.9. The van der Waals surface area contributed by atoms with Crippen molar-refractivity contribution in [2.75, 3.05) is 19.0 Å². The summed E-state index contributed by atoms with van der Waals surface area (Å²) < 4.78 is 9.89. The van der Waals surface area contributed by atoms with Crippen molar-refractivity contribution in [1.29, 1.82) is 0 Å². The highest BCUT2D eigenvalue weighted by Gasteiger charge is 2.11. The predicted octanol–water partition coefficient (Wildman–Crippen LogP) is 1.21. The van der Waals surface area contributed by atoms with Crippen molar-refractivity contribution in [3.63, 3.8) is 0 Å². The topological polar surface area (TPSA) is 60.2 Å². The van der Waals surface area contributed by atoms with E-state index in [4.69, 9.17) is 9.26 Å². The Morgan fingerprint density at radius 1 is 1.67 bits per heavy atom. The molecule has 0 bridgehead atoms. The molecule has 0 fully saturated rings. The molecule has 5 nitrogen and oxygen atoms in total. The van der Waals surface area contributed by atoms with Crippen molar-refractivity contribution in [1.82, 2.24) is 10.1 Å². The Bertz CT molecular complexity index is 236. The number of methoxy groups -OCH3 is 1. The van der Waals surface area contributed by atoms with Gasteiger partial charge in [-0.2, -0.15) is 4.98 Å². The summed E-state index contributed by atoms with van der Waals surface area (Å²) >= 11 is 0. The largest absolute Gasteiger partial charge is 0.374 e. The molecule has 1 N–H and O–H groups in total. The average Bonchev–Trinajstić information content (AvgIpc) is 2.52. The standard InChI is InChI=1S/C7H13N3O2/c1-4-8-7-9-6(10-12-7)5(2)11-3/h5H,4H2,1-3H3,(H,8,9,10). The van der Waals surface area contributed by atoms with Crippen molar-refractivity contribution in [2.45, 2.75) is 20.0 Å². The molecule has 1 rings (SSSR count). The molecular weight excluding hydrogens is 158 g/mol. The van der Waals surface area contributed by atoms with Gasteiger partial charge < -0.3 is 14.6 Å². The number of rotatable bonds is 4. The lowest BCUT2D eigenvalue weighted by molar-refractivity contribution is 0.109. The van der Waals surface area contributed by atoms with Crippen LogP contribution in [0.5, 0.6) is 0 Å². The molecule has 0 amide bonds. The van der Waals surface area contributed by atoms with Crippen LogP contribution in [0.3, 0.4) is 0 Å². The van der Waals surface area contributed by atoms with Crippen LogP contribution in [-0.4, -0.2) is 23.8 Å². The van der Waals surface area contributed by atoms with Crippen LogP contribution in [0.25, 0.3) is 0 Å². The molecule has 1 aromatic rings. The summed E-state index contributed by atoms with van der Waals surface area (Å²) in [5.41, 5.74) is 0. The minimum Gasteiger partial charge on any atom is -0.374 e. The van der Waals surface area contributed by atoms with E-state index in [1.807, 2.05) is 13.8 Å². The van der Waals surface area contributed by atoms with Crippen molar-refractivity contribution in [3.05, 3.63) is 5.82 Å². The van der Waals surface area contributed by atoms with Crippen LogP contribution in [-0.2, 0) is 4.74 Å². The Labute approximate surface area is 71.1 Å². The van der Waals surface area contributed by atoms with Crippen LogP contribution < -0.4 is 5.32 Å². The molecule has 0 spiro atoms. The molecular formula is C7H13N3O2. The number of hydrogen-bond donors (Lipinski definition) is 1. The van der Waals surface area contributed by atoms with Gasteiger partial charge in [-0.05, 0) is 13.8 Å². The van der Waals surface area contributed by atoms with E-state index >= 15 is 0 Å². The van der Waals surface area contributed by atoms with Crippen molar-refractivity contribution >= 4 is 6.01 Å². The zero-order chi connectivity index (χ0) is 8.97. The monoisotopic (exact) mass is 171 g/mol. The lowest BCUT2D eigenvalue weighted by atomic mass is 10.4. The molecule has 0 radical (unpaired) electrons. The predicted molar refractivity (Wildman–Crippen MR) is 43.9 cm³/mol. The second-order valence-corrected chi connectivity index (χ2v) is 2.37. The molecule has 1 atom stereocenters. The fourth-order valence-electron chi connectivity index (χ4n) is 0.728. The number of anilines is 1. The van der Waals surface area contributed by atoms with Gasteiger partial charge in [0.15, 0.2) is 0 Å². The van der Waals surface area contributed by atoms with Gasteiger partial charge in [-0.3, -0.25) is 0 Å². The van der Waals surface area contributed by atoms with Gasteiger partial charge in [-0.1, -0.05) is 5.16 Å². The van der Waals surface area contributed by atoms with E-state index in [1.165, 1.54) is 0 Å². The van der Waals surface area contributed by atoms with Gasteiger partial charge in [0.25, 0.3) is 0 Å². The fraction of sp³-hybridized carbons (Fsp3) is 0.714. The number of nitrogens with zero attached hydrogens (tertiary/aromatic N) is 2. The first-order chi connectivity index (χ1) is 5.77. The van der Waals surface area contributed by atoms with Crippen LogP contribution in [0, 0.1) is 0 Å². The zero-order valence-corrected chi connectivity index (χ0v) is 7.50. The van der Waals surface area contributed by atoms with Gasteiger partial charge in [0.1, 0.15) is 6.10 Å². The molecule has 1 unspecified atom stereocenters. The van der Waals surface area contributed by atoms with Crippen LogP contribution in [0.4, 0.5) is 6.01 Å². The summed E-state index contributed by atoms with van der Waals surface area (Å²) in [4.78, 5) is 4.06. The van der Waals surface area contributed by atoms with E-state index in [0.29, 0.717) is 11.8 Å². The van der Waals surface area contributed by atoms with Crippen LogP contribution in [0.15, 0.2) is 4.52 Å². The molecule has 0 aliphatic rings. The van der Waals surface area contributed by atoms with Gasteiger partial charge in [0.2, 0.25) is 5.82 Å². The molecule has 5 heteroatoms. The number of hydrogen-bond acceptors (Lipinski definition) is 5. The minimum atomic E-state index is -0.124. The zero-order valence-electron chi connectivity index (χ0n) is 7.50. The minimum absolute atomic E-state index is 0.124. The lowest BCUT2D eigenvalue weighted by Crippen LogP contribution is -1.99. The highest BCUT2D eigenvalue weighted by atomic mass is 16.5. The summed E-state index contributed by atoms with van der Waals surface area (Å²) in [6.07, 6.45) is -0.124. The van der Waals surface area contributed by atoms with Gasteiger partial charge in [-0.25, -0.2) is 0 Å².